The maximum Gasteiger partial charge on any atom is 0.125 e. The Hall–Kier alpha value is -1.26. The minimum absolute atomic E-state index is 0.173. The Morgan fingerprint density at radius 3 is 2.75 bits per heavy atom. The summed E-state index contributed by atoms with van der Waals surface area (Å²) < 4.78 is 11.2. The molecule has 0 bridgehead atoms. The van der Waals surface area contributed by atoms with E-state index in [-0.39, 0.29) is 12.1 Å². The summed E-state index contributed by atoms with van der Waals surface area (Å²) in [5.41, 5.74) is 7.94. The van der Waals surface area contributed by atoms with Crippen molar-refractivity contribution in [2.24, 2.45) is 11.7 Å². The Labute approximate surface area is 120 Å². The molecule has 0 saturated heterocycles. The molecule has 0 amide bonds. The minimum Gasteiger partial charge on any atom is -0.496 e. The van der Waals surface area contributed by atoms with Crippen molar-refractivity contribution in [3.63, 3.8) is 0 Å². The largest absolute Gasteiger partial charge is 0.496 e. The van der Waals surface area contributed by atoms with Gasteiger partial charge in [0.15, 0.2) is 0 Å². The van der Waals surface area contributed by atoms with E-state index in [2.05, 4.69) is 13.8 Å². The normalized spacial score (nSPS) is 20.4. The number of fused-ring (bicyclic) bond motifs is 1. The van der Waals surface area contributed by atoms with Gasteiger partial charge in [-0.25, -0.2) is 0 Å². The summed E-state index contributed by atoms with van der Waals surface area (Å²) in [5, 5.41) is 10.5. The summed E-state index contributed by atoms with van der Waals surface area (Å²) in [7, 11) is 1.62. The van der Waals surface area contributed by atoms with Crippen LogP contribution in [0.3, 0.4) is 0 Å². The highest BCUT2D eigenvalue weighted by molar-refractivity contribution is 5.49. The zero-order valence-corrected chi connectivity index (χ0v) is 12.7. The average Bonchev–Trinajstić information content (AvgIpc) is 2.74. The summed E-state index contributed by atoms with van der Waals surface area (Å²) in [6, 6.07) is 3.53. The third-order valence-electron chi connectivity index (χ3n) is 3.72. The second kappa shape index (κ2) is 6.02. The topological polar surface area (TPSA) is 64.7 Å². The lowest BCUT2D eigenvalue weighted by molar-refractivity contribution is 0.132. The van der Waals surface area contributed by atoms with Gasteiger partial charge >= 0.3 is 0 Å². The van der Waals surface area contributed by atoms with Gasteiger partial charge in [-0.1, -0.05) is 13.8 Å². The van der Waals surface area contributed by atoms with E-state index in [4.69, 9.17) is 15.2 Å². The van der Waals surface area contributed by atoms with Crippen LogP contribution in [0.4, 0.5) is 0 Å². The highest BCUT2D eigenvalue weighted by Crippen LogP contribution is 2.38. The Morgan fingerprint density at radius 1 is 1.45 bits per heavy atom. The smallest absolute Gasteiger partial charge is 0.125 e. The quantitative estimate of drug-likeness (QED) is 0.869. The van der Waals surface area contributed by atoms with Crippen LogP contribution in [0.15, 0.2) is 12.1 Å². The zero-order valence-electron chi connectivity index (χ0n) is 12.7. The van der Waals surface area contributed by atoms with E-state index in [9.17, 15) is 5.11 Å². The molecule has 2 rings (SSSR count). The number of rotatable bonds is 5. The summed E-state index contributed by atoms with van der Waals surface area (Å²) in [5.74, 6) is 1.97. The van der Waals surface area contributed by atoms with Crippen LogP contribution in [-0.4, -0.2) is 24.4 Å². The van der Waals surface area contributed by atoms with Crippen LogP contribution >= 0.6 is 0 Å². The van der Waals surface area contributed by atoms with E-state index in [1.54, 1.807) is 7.11 Å². The fourth-order valence-electron chi connectivity index (χ4n) is 2.77. The lowest BCUT2D eigenvalue weighted by Gasteiger charge is -2.23. The van der Waals surface area contributed by atoms with E-state index in [1.165, 1.54) is 0 Å². The van der Waals surface area contributed by atoms with Crippen LogP contribution in [0.5, 0.6) is 11.5 Å². The van der Waals surface area contributed by atoms with E-state index < -0.39 is 6.10 Å². The molecule has 1 aromatic rings. The molecule has 1 aromatic carbocycles. The van der Waals surface area contributed by atoms with Crippen LogP contribution in [0.2, 0.25) is 0 Å². The second-order valence-corrected chi connectivity index (χ2v) is 6.07. The molecule has 0 aliphatic carbocycles. The number of hydrogen-bond acceptors (Lipinski definition) is 4. The molecule has 3 atom stereocenters. The van der Waals surface area contributed by atoms with E-state index >= 15 is 0 Å². The van der Waals surface area contributed by atoms with Gasteiger partial charge in [0.05, 0.1) is 13.2 Å². The van der Waals surface area contributed by atoms with Crippen molar-refractivity contribution in [2.75, 3.05) is 7.11 Å². The minimum atomic E-state index is -0.739. The first-order valence-electron chi connectivity index (χ1n) is 7.23. The van der Waals surface area contributed by atoms with Crippen molar-refractivity contribution in [2.45, 2.75) is 51.9 Å². The molecule has 0 aromatic heterocycles. The molecule has 0 saturated carbocycles. The summed E-state index contributed by atoms with van der Waals surface area (Å²) >= 11 is 0. The Balaban J connectivity index is 2.29. The van der Waals surface area contributed by atoms with Crippen LogP contribution in [0, 0.1) is 5.92 Å². The molecule has 1 aliphatic heterocycles. The Kier molecular flexibility index (Phi) is 4.55. The SMILES string of the molecule is COc1cc2c(cc1C(O)C(N)CC(C)C)OC(C)C2. The molecular weight excluding hydrogens is 254 g/mol. The molecule has 1 aliphatic rings. The lowest BCUT2D eigenvalue weighted by atomic mass is 9.93. The number of aliphatic hydroxyl groups is 1. The molecule has 0 spiro atoms. The maximum absolute atomic E-state index is 10.5. The van der Waals surface area contributed by atoms with Gasteiger partial charge in [0, 0.05) is 23.6 Å². The van der Waals surface area contributed by atoms with Crippen molar-refractivity contribution in [3.05, 3.63) is 23.3 Å². The second-order valence-electron chi connectivity index (χ2n) is 6.07. The van der Waals surface area contributed by atoms with Crippen LogP contribution in [0.1, 0.15) is 44.4 Å². The van der Waals surface area contributed by atoms with Gasteiger partial charge in [0.2, 0.25) is 0 Å². The van der Waals surface area contributed by atoms with Gasteiger partial charge in [-0.15, -0.1) is 0 Å². The Bertz CT molecular complexity index is 473. The first-order valence-corrected chi connectivity index (χ1v) is 7.23. The summed E-state index contributed by atoms with van der Waals surface area (Å²) in [6.45, 7) is 6.22. The zero-order chi connectivity index (χ0) is 14.9. The maximum atomic E-state index is 10.5. The van der Waals surface area contributed by atoms with Gasteiger partial charge in [-0.05, 0) is 31.4 Å². The molecular formula is C16H25NO3. The molecule has 0 radical (unpaired) electrons. The first kappa shape index (κ1) is 15.1. The molecule has 0 fully saturated rings. The van der Waals surface area contributed by atoms with Crippen LogP contribution < -0.4 is 15.2 Å². The molecule has 20 heavy (non-hydrogen) atoms. The summed E-state index contributed by atoms with van der Waals surface area (Å²) in [4.78, 5) is 0. The van der Waals surface area contributed by atoms with Crippen molar-refractivity contribution >= 4 is 0 Å². The van der Waals surface area contributed by atoms with Crippen molar-refractivity contribution in [1.82, 2.24) is 0 Å². The first-order chi connectivity index (χ1) is 9.42. The molecule has 1 heterocycles. The lowest BCUT2D eigenvalue weighted by Crippen LogP contribution is -2.30. The van der Waals surface area contributed by atoms with Crippen molar-refractivity contribution in [3.8, 4) is 11.5 Å². The van der Waals surface area contributed by atoms with Gasteiger partial charge in [-0.3, -0.25) is 0 Å². The molecule has 4 nitrogen and oxygen atoms in total. The monoisotopic (exact) mass is 279 g/mol. The summed E-state index contributed by atoms with van der Waals surface area (Å²) in [6.07, 6.45) is 1.07. The van der Waals surface area contributed by atoms with Gasteiger partial charge in [0.1, 0.15) is 17.6 Å². The highest BCUT2D eigenvalue weighted by Gasteiger charge is 2.27. The standard InChI is InChI=1S/C16H25NO3/c1-9(2)5-13(17)16(18)12-8-14-11(6-10(3)20-14)7-15(12)19-4/h7-10,13,16,18H,5-6,17H2,1-4H3. The van der Waals surface area contributed by atoms with E-state index in [1.807, 2.05) is 19.1 Å². The highest BCUT2D eigenvalue weighted by atomic mass is 16.5. The van der Waals surface area contributed by atoms with Gasteiger partial charge in [0.25, 0.3) is 0 Å². The third-order valence-corrected chi connectivity index (χ3v) is 3.72. The number of methoxy groups -OCH3 is 1. The van der Waals surface area contributed by atoms with E-state index in [0.717, 1.165) is 24.2 Å². The average molecular weight is 279 g/mol. The van der Waals surface area contributed by atoms with Gasteiger partial charge < -0.3 is 20.3 Å². The molecule has 3 unspecified atom stereocenters. The molecule has 3 N–H and O–H groups in total. The number of benzene rings is 1. The van der Waals surface area contributed by atoms with Crippen molar-refractivity contribution < 1.29 is 14.6 Å². The third kappa shape index (κ3) is 3.07. The fraction of sp³-hybridized carbons (Fsp3) is 0.625. The number of ether oxygens (including phenoxy) is 2. The Morgan fingerprint density at radius 2 is 2.15 bits per heavy atom. The molecule has 4 heteroatoms. The predicted octanol–water partition coefficient (Wildman–Crippen LogP) is 2.43. The van der Waals surface area contributed by atoms with E-state index in [0.29, 0.717) is 17.2 Å². The van der Waals surface area contributed by atoms with Crippen LogP contribution in [-0.2, 0) is 6.42 Å². The number of nitrogens with two attached hydrogens (primary N) is 1. The fourth-order valence-corrected chi connectivity index (χ4v) is 2.77. The number of aliphatic hydroxyl groups excluding tert-OH is 1. The molecule has 112 valence electrons. The number of hydrogen-bond donors (Lipinski definition) is 2. The van der Waals surface area contributed by atoms with Crippen LogP contribution in [0.25, 0.3) is 0 Å². The van der Waals surface area contributed by atoms with Gasteiger partial charge in [-0.2, -0.15) is 0 Å². The predicted molar refractivity (Wildman–Crippen MR) is 79.2 cm³/mol. The van der Waals surface area contributed by atoms with Crippen molar-refractivity contribution in [1.29, 1.82) is 0 Å².